The second-order valence-electron chi connectivity index (χ2n) is 8.27. The first kappa shape index (κ1) is 24.4. The van der Waals surface area contributed by atoms with Gasteiger partial charge in [-0.25, -0.2) is 14.2 Å². The van der Waals surface area contributed by atoms with E-state index in [1.807, 2.05) is 10.3 Å². The summed E-state index contributed by atoms with van der Waals surface area (Å²) in [4.78, 5) is 34.2. The van der Waals surface area contributed by atoms with Crippen LogP contribution in [0.15, 0.2) is 51.6 Å². The molecule has 0 saturated carbocycles. The predicted molar refractivity (Wildman–Crippen MR) is 128 cm³/mol. The van der Waals surface area contributed by atoms with Crippen LogP contribution in [0.25, 0.3) is 0 Å². The molecule has 0 aromatic heterocycles. The SMILES string of the molecule is COC(=O)C1=C(C)N=C2SC=C(CC(=O)NCCCN3CCOCC3)N2[C@@H]1c1cccc(F)c1. The van der Waals surface area contributed by atoms with E-state index in [2.05, 4.69) is 15.2 Å². The Kier molecular flexibility index (Phi) is 8.02. The average Bonchev–Trinajstić information content (AvgIpc) is 3.22. The number of aliphatic imine (C=N–C) groups is 1. The second-order valence-corrected chi connectivity index (χ2v) is 9.11. The minimum Gasteiger partial charge on any atom is -0.466 e. The van der Waals surface area contributed by atoms with Gasteiger partial charge in [0.2, 0.25) is 5.91 Å². The van der Waals surface area contributed by atoms with Gasteiger partial charge in [0, 0.05) is 25.3 Å². The average molecular weight is 489 g/mol. The lowest BCUT2D eigenvalue weighted by atomic mass is 9.94. The first-order chi connectivity index (χ1) is 16.5. The van der Waals surface area contributed by atoms with Crippen molar-refractivity contribution in [1.82, 2.24) is 15.1 Å². The van der Waals surface area contributed by atoms with Crippen LogP contribution in [0.2, 0.25) is 0 Å². The van der Waals surface area contributed by atoms with Gasteiger partial charge in [0.1, 0.15) is 5.82 Å². The zero-order chi connectivity index (χ0) is 24.1. The maximum absolute atomic E-state index is 14.1. The van der Waals surface area contributed by atoms with E-state index in [1.165, 1.54) is 31.0 Å². The van der Waals surface area contributed by atoms with Crippen molar-refractivity contribution in [2.45, 2.75) is 25.8 Å². The lowest BCUT2D eigenvalue weighted by Gasteiger charge is -2.36. The highest BCUT2D eigenvalue weighted by Crippen LogP contribution is 2.44. The Morgan fingerprint density at radius 2 is 2.12 bits per heavy atom. The van der Waals surface area contributed by atoms with Crippen molar-refractivity contribution in [3.05, 3.63) is 58.0 Å². The number of nitrogens with zero attached hydrogens (tertiary/aromatic N) is 3. The quantitative estimate of drug-likeness (QED) is 0.445. The summed E-state index contributed by atoms with van der Waals surface area (Å²) in [6, 6.07) is 5.49. The summed E-state index contributed by atoms with van der Waals surface area (Å²) in [5, 5.41) is 5.50. The first-order valence-electron chi connectivity index (χ1n) is 11.3. The number of carbonyl (C=O) groups is 2. The van der Waals surface area contributed by atoms with Crippen molar-refractivity contribution in [3.8, 4) is 0 Å². The third kappa shape index (κ3) is 5.51. The van der Waals surface area contributed by atoms with Crippen molar-refractivity contribution in [2.24, 2.45) is 4.99 Å². The molecule has 182 valence electrons. The molecule has 1 atom stereocenters. The number of morpholine rings is 1. The van der Waals surface area contributed by atoms with E-state index in [0.29, 0.717) is 34.2 Å². The zero-order valence-corrected chi connectivity index (χ0v) is 20.2. The molecule has 3 aliphatic heterocycles. The number of benzene rings is 1. The fourth-order valence-corrected chi connectivity index (χ4v) is 5.28. The van der Waals surface area contributed by atoms with E-state index < -0.39 is 17.8 Å². The molecule has 0 unspecified atom stereocenters. The number of nitrogens with one attached hydrogen (secondary N) is 1. The highest BCUT2D eigenvalue weighted by atomic mass is 32.2. The maximum Gasteiger partial charge on any atom is 0.338 e. The van der Waals surface area contributed by atoms with Crippen molar-refractivity contribution in [1.29, 1.82) is 0 Å². The summed E-state index contributed by atoms with van der Waals surface area (Å²) in [7, 11) is 1.31. The summed E-state index contributed by atoms with van der Waals surface area (Å²) in [6.07, 6.45) is 0.985. The first-order valence-corrected chi connectivity index (χ1v) is 12.2. The molecule has 1 fully saturated rings. The van der Waals surface area contributed by atoms with Gasteiger partial charge in [0.25, 0.3) is 0 Å². The number of amidine groups is 1. The Bertz CT molecular complexity index is 1040. The third-order valence-corrected chi connectivity index (χ3v) is 6.88. The Hall–Kier alpha value is -2.69. The summed E-state index contributed by atoms with van der Waals surface area (Å²) >= 11 is 1.39. The van der Waals surface area contributed by atoms with Gasteiger partial charge in [-0.05, 0) is 43.0 Å². The molecule has 1 aromatic carbocycles. The minimum atomic E-state index is -0.633. The highest BCUT2D eigenvalue weighted by molar-refractivity contribution is 8.16. The van der Waals surface area contributed by atoms with Crippen LogP contribution in [0, 0.1) is 5.82 Å². The van der Waals surface area contributed by atoms with Crippen molar-refractivity contribution in [2.75, 3.05) is 46.5 Å². The van der Waals surface area contributed by atoms with Crippen LogP contribution in [0.4, 0.5) is 4.39 Å². The van der Waals surface area contributed by atoms with Gasteiger partial charge in [0.05, 0.1) is 44.1 Å². The lowest BCUT2D eigenvalue weighted by Crippen LogP contribution is -2.39. The number of halogens is 1. The number of hydrogen-bond donors (Lipinski definition) is 1. The number of fused-ring (bicyclic) bond motifs is 1. The van der Waals surface area contributed by atoms with Gasteiger partial charge < -0.3 is 19.7 Å². The van der Waals surface area contributed by atoms with E-state index in [9.17, 15) is 14.0 Å². The molecule has 34 heavy (non-hydrogen) atoms. The van der Waals surface area contributed by atoms with E-state index >= 15 is 0 Å². The second kappa shape index (κ2) is 11.2. The Labute approximate surface area is 202 Å². The number of amides is 1. The normalized spacial score (nSPS) is 20.6. The molecule has 3 aliphatic rings. The van der Waals surface area contributed by atoms with Crippen LogP contribution in [-0.2, 0) is 19.1 Å². The topological polar surface area (TPSA) is 83.5 Å². The molecule has 4 rings (SSSR count). The summed E-state index contributed by atoms with van der Waals surface area (Å²) in [5.41, 5.74) is 2.14. The monoisotopic (exact) mass is 488 g/mol. The van der Waals surface area contributed by atoms with Gasteiger partial charge in [-0.15, -0.1) is 0 Å². The van der Waals surface area contributed by atoms with Crippen LogP contribution in [0.1, 0.15) is 31.4 Å². The lowest BCUT2D eigenvalue weighted by molar-refractivity contribution is -0.136. The number of allylic oxidation sites excluding steroid dienone is 1. The van der Waals surface area contributed by atoms with Crippen LogP contribution in [-0.4, -0.2) is 73.3 Å². The van der Waals surface area contributed by atoms with Gasteiger partial charge in [-0.1, -0.05) is 23.9 Å². The standard InChI is InChI=1S/C24H29FN4O4S/c1-16-21(23(31)32-2)22(17-5-3-6-18(25)13-17)29-19(15-34-24(29)27-16)14-20(30)26-7-4-8-28-9-11-33-12-10-28/h3,5-6,13,15,22H,4,7-12,14H2,1-2H3,(H,26,30)/t22-/m1/s1. The zero-order valence-electron chi connectivity index (χ0n) is 19.4. The number of rotatable bonds is 8. The molecule has 10 heteroatoms. The molecule has 8 nitrogen and oxygen atoms in total. The van der Waals surface area contributed by atoms with Crippen LogP contribution in [0.5, 0.6) is 0 Å². The number of esters is 1. The highest BCUT2D eigenvalue weighted by Gasteiger charge is 2.41. The van der Waals surface area contributed by atoms with E-state index in [4.69, 9.17) is 9.47 Å². The van der Waals surface area contributed by atoms with Crippen molar-refractivity contribution >= 4 is 28.8 Å². The number of ether oxygens (including phenoxy) is 2. The van der Waals surface area contributed by atoms with Crippen LogP contribution < -0.4 is 5.32 Å². The molecule has 1 aromatic rings. The number of methoxy groups -OCH3 is 1. The van der Waals surface area contributed by atoms with Crippen molar-refractivity contribution in [3.63, 3.8) is 0 Å². The summed E-state index contributed by atoms with van der Waals surface area (Å²) < 4.78 is 24.5. The molecule has 1 N–H and O–H groups in total. The van der Waals surface area contributed by atoms with Gasteiger partial charge in [-0.3, -0.25) is 9.69 Å². The van der Waals surface area contributed by atoms with Crippen molar-refractivity contribution < 1.29 is 23.5 Å². The minimum absolute atomic E-state index is 0.112. The Balaban J connectivity index is 1.46. The molecule has 1 saturated heterocycles. The fraction of sp³-hybridized carbons (Fsp3) is 0.458. The van der Waals surface area contributed by atoms with E-state index in [-0.39, 0.29) is 12.3 Å². The molecule has 3 heterocycles. The fourth-order valence-electron chi connectivity index (χ4n) is 4.32. The van der Waals surface area contributed by atoms with E-state index in [1.54, 1.807) is 19.1 Å². The van der Waals surface area contributed by atoms with Gasteiger partial charge >= 0.3 is 5.97 Å². The molecular weight excluding hydrogens is 459 g/mol. The smallest absolute Gasteiger partial charge is 0.338 e. The molecular formula is C24H29FN4O4S. The molecule has 0 aliphatic carbocycles. The molecule has 0 radical (unpaired) electrons. The summed E-state index contributed by atoms with van der Waals surface area (Å²) in [6.45, 7) is 6.59. The number of carbonyl (C=O) groups excluding carboxylic acids is 2. The largest absolute Gasteiger partial charge is 0.466 e. The predicted octanol–water partition coefficient (Wildman–Crippen LogP) is 2.80. The third-order valence-electron chi connectivity index (χ3n) is 5.99. The maximum atomic E-state index is 14.1. The summed E-state index contributed by atoms with van der Waals surface area (Å²) in [5.74, 6) is -1.05. The molecule has 1 amide bonds. The Morgan fingerprint density at radius 3 is 2.85 bits per heavy atom. The van der Waals surface area contributed by atoms with E-state index in [0.717, 1.165) is 39.3 Å². The van der Waals surface area contributed by atoms with Gasteiger partial charge in [0.15, 0.2) is 5.17 Å². The number of thioether (sulfide) groups is 1. The molecule has 0 bridgehead atoms. The van der Waals surface area contributed by atoms with Gasteiger partial charge in [-0.2, -0.15) is 0 Å². The van der Waals surface area contributed by atoms with Crippen LogP contribution in [0.3, 0.4) is 0 Å². The van der Waals surface area contributed by atoms with Crippen LogP contribution >= 0.6 is 11.8 Å². The Morgan fingerprint density at radius 1 is 1.32 bits per heavy atom. The molecule has 0 spiro atoms. The number of hydrogen-bond acceptors (Lipinski definition) is 8.